The van der Waals surface area contributed by atoms with Gasteiger partial charge in [-0.2, -0.15) is 0 Å². The van der Waals surface area contributed by atoms with Gasteiger partial charge in [0.25, 0.3) is 0 Å². The van der Waals surface area contributed by atoms with Gasteiger partial charge in [-0.3, -0.25) is 9.05 Å². The van der Waals surface area contributed by atoms with E-state index in [-0.39, 0.29) is 0 Å². The summed E-state index contributed by atoms with van der Waals surface area (Å²) < 4.78 is 31.9. The molecule has 0 aromatic rings. The van der Waals surface area contributed by atoms with Gasteiger partial charge in [0, 0.05) is 0 Å². The lowest BCUT2D eigenvalue weighted by Crippen LogP contribution is -2.67. The van der Waals surface area contributed by atoms with Crippen LogP contribution >= 0.6 is 7.82 Å². The first-order valence-electron chi connectivity index (χ1n) is 7.84. The maximum Gasteiger partial charge on any atom is 0.473 e. The van der Waals surface area contributed by atoms with Crippen molar-refractivity contribution in [2.24, 2.45) is 5.73 Å². The number of hydrogen-bond acceptors (Lipinski definition) is 12. The molecule has 0 aromatic heterocycles. The van der Waals surface area contributed by atoms with E-state index in [4.69, 9.17) is 24.3 Å². The Hall–Kier alpha value is -0.250. The van der Waals surface area contributed by atoms with Crippen molar-refractivity contribution in [1.82, 2.24) is 0 Å². The molecule has 2 saturated heterocycles. The molecule has 1 unspecified atom stereocenters. The van der Waals surface area contributed by atoms with E-state index < -0.39 is 81.7 Å². The highest BCUT2D eigenvalue weighted by molar-refractivity contribution is 7.47. The zero-order chi connectivity index (χ0) is 19.4. The molecule has 0 amide bonds. The van der Waals surface area contributed by atoms with E-state index in [1.165, 1.54) is 0 Å². The van der Waals surface area contributed by atoms with Crippen LogP contribution in [0.15, 0.2) is 0 Å². The van der Waals surface area contributed by atoms with Crippen LogP contribution in [0.25, 0.3) is 0 Å². The van der Waals surface area contributed by atoms with Crippen LogP contribution in [-0.4, -0.2) is 109 Å². The fourth-order valence-electron chi connectivity index (χ4n) is 3.28. The van der Waals surface area contributed by atoms with Gasteiger partial charge in [-0.05, 0) is 0 Å². The number of phosphoric acid groups is 1. The van der Waals surface area contributed by atoms with Crippen LogP contribution in [0, 0.1) is 0 Å². The Morgan fingerprint density at radius 2 is 1.54 bits per heavy atom. The van der Waals surface area contributed by atoms with Crippen LogP contribution in [0.1, 0.15) is 0 Å². The van der Waals surface area contributed by atoms with Crippen LogP contribution in [-0.2, 0) is 23.1 Å². The molecule has 3 aliphatic rings. The molecule has 26 heavy (non-hydrogen) atoms. The van der Waals surface area contributed by atoms with Crippen LogP contribution in [0.3, 0.4) is 0 Å². The van der Waals surface area contributed by atoms with Crippen molar-refractivity contribution in [3.05, 3.63) is 0 Å². The lowest BCUT2D eigenvalue weighted by atomic mass is 9.84. The fourth-order valence-corrected chi connectivity index (χ4v) is 4.43. The predicted molar refractivity (Wildman–Crippen MR) is 78.2 cm³/mol. The summed E-state index contributed by atoms with van der Waals surface area (Å²) in [4.78, 5) is 9.47. The van der Waals surface area contributed by atoms with E-state index in [9.17, 15) is 40.1 Å². The van der Waals surface area contributed by atoms with Gasteiger partial charge in [0.05, 0.1) is 12.6 Å². The Balaban J connectivity index is 1.81. The Morgan fingerprint density at radius 1 is 0.923 bits per heavy atom. The molecule has 3 rings (SSSR count). The van der Waals surface area contributed by atoms with Crippen LogP contribution in [0.5, 0.6) is 0 Å². The van der Waals surface area contributed by atoms with E-state index >= 15 is 0 Å². The van der Waals surface area contributed by atoms with Crippen LogP contribution < -0.4 is 5.73 Å². The Labute approximate surface area is 147 Å². The van der Waals surface area contributed by atoms with Gasteiger partial charge in [0.1, 0.15) is 54.9 Å². The molecule has 0 spiro atoms. The van der Waals surface area contributed by atoms with Gasteiger partial charge in [0.2, 0.25) is 0 Å². The summed E-state index contributed by atoms with van der Waals surface area (Å²) in [6.07, 6.45) is -15.5. The number of fused-ring (bicyclic) bond motifs is 1. The van der Waals surface area contributed by atoms with Crippen molar-refractivity contribution in [3.8, 4) is 0 Å². The van der Waals surface area contributed by atoms with Gasteiger partial charge < -0.3 is 50.7 Å². The highest BCUT2D eigenvalue weighted by atomic mass is 31.2. The molecule has 0 bridgehead atoms. The van der Waals surface area contributed by atoms with Crippen molar-refractivity contribution in [1.29, 1.82) is 0 Å². The summed E-state index contributed by atoms with van der Waals surface area (Å²) in [7, 11) is -4.55. The normalized spacial score (nSPS) is 57.8. The molecular weight excluding hydrogens is 381 g/mol. The van der Waals surface area contributed by atoms with Gasteiger partial charge in [-0.25, -0.2) is 4.57 Å². The molecule has 13 nitrogen and oxygen atoms in total. The summed E-state index contributed by atoms with van der Waals surface area (Å²) in [5, 5.41) is 59.0. The standard InChI is InChI=1S/C12H22NO12P/c13-3-5(16)4(15)2(1-14)22-12(3)23-9-7(18)6(17)8(19)10-11(9)25-26(20,21)24-10/h2-12,14-19H,1,13H2,(H,20,21)/t2-,3-,4-,5-,6+,7+,8-,9-,10-,11+,12-/m1/s1. The molecule has 2 heterocycles. The van der Waals surface area contributed by atoms with Gasteiger partial charge in [0.15, 0.2) is 6.29 Å². The number of hydrogen-bond donors (Lipinski definition) is 8. The second-order valence-corrected chi connectivity index (χ2v) is 7.82. The topological polar surface area (TPSA) is 222 Å². The van der Waals surface area contributed by atoms with Crippen molar-refractivity contribution < 1.29 is 58.6 Å². The summed E-state index contributed by atoms with van der Waals surface area (Å²) in [5.74, 6) is 0. The predicted octanol–water partition coefficient (Wildman–Crippen LogP) is -4.88. The average molecular weight is 403 g/mol. The molecule has 152 valence electrons. The Morgan fingerprint density at radius 3 is 2.15 bits per heavy atom. The van der Waals surface area contributed by atoms with Gasteiger partial charge in [-0.15, -0.1) is 0 Å². The number of ether oxygens (including phenoxy) is 2. The smallest absolute Gasteiger partial charge is 0.394 e. The summed E-state index contributed by atoms with van der Waals surface area (Å²) in [6.45, 7) is -0.670. The highest BCUT2D eigenvalue weighted by Crippen LogP contribution is 2.56. The molecule has 0 radical (unpaired) electrons. The summed E-state index contributed by atoms with van der Waals surface area (Å²) in [5.41, 5.74) is 5.73. The van der Waals surface area contributed by atoms with Crippen molar-refractivity contribution in [2.45, 2.75) is 67.3 Å². The molecule has 1 saturated carbocycles. The van der Waals surface area contributed by atoms with E-state index in [1.54, 1.807) is 0 Å². The zero-order valence-electron chi connectivity index (χ0n) is 13.3. The monoisotopic (exact) mass is 403 g/mol. The summed E-state index contributed by atoms with van der Waals surface area (Å²) >= 11 is 0. The second kappa shape index (κ2) is 7.29. The fraction of sp³-hybridized carbons (Fsp3) is 1.00. The molecule has 12 atom stereocenters. The quantitative estimate of drug-likeness (QED) is 0.207. The first-order chi connectivity index (χ1) is 12.1. The van der Waals surface area contributed by atoms with Crippen molar-refractivity contribution in [2.75, 3.05) is 6.61 Å². The van der Waals surface area contributed by atoms with Crippen LogP contribution in [0.2, 0.25) is 0 Å². The summed E-state index contributed by atoms with van der Waals surface area (Å²) in [6, 6.07) is -1.31. The number of nitrogens with two attached hydrogens (primary N) is 1. The van der Waals surface area contributed by atoms with Gasteiger partial charge in [-0.1, -0.05) is 0 Å². The lowest BCUT2D eigenvalue weighted by Gasteiger charge is -2.45. The third-order valence-electron chi connectivity index (χ3n) is 4.75. The molecule has 9 N–H and O–H groups in total. The zero-order valence-corrected chi connectivity index (χ0v) is 14.1. The number of aliphatic hydroxyl groups is 6. The first kappa shape index (κ1) is 20.5. The van der Waals surface area contributed by atoms with E-state index in [1.807, 2.05) is 0 Å². The minimum atomic E-state index is -4.55. The third-order valence-corrected chi connectivity index (χ3v) is 5.77. The maximum absolute atomic E-state index is 11.7. The van der Waals surface area contributed by atoms with Gasteiger partial charge >= 0.3 is 7.82 Å². The molecule has 0 aromatic carbocycles. The second-order valence-electron chi connectivity index (χ2n) is 6.47. The minimum Gasteiger partial charge on any atom is -0.394 e. The number of rotatable bonds is 3. The van der Waals surface area contributed by atoms with E-state index in [0.717, 1.165) is 0 Å². The molecular formula is C12H22NO12P. The molecule has 14 heteroatoms. The molecule has 3 fully saturated rings. The molecule has 2 aliphatic heterocycles. The maximum atomic E-state index is 11.7. The van der Waals surface area contributed by atoms with E-state index in [0.29, 0.717) is 0 Å². The number of aliphatic hydroxyl groups excluding tert-OH is 6. The van der Waals surface area contributed by atoms with Crippen LogP contribution in [0.4, 0.5) is 0 Å². The largest absolute Gasteiger partial charge is 0.473 e. The minimum absolute atomic E-state index is 0.670. The Kier molecular flexibility index (Phi) is 5.75. The molecule has 1 aliphatic carbocycles. The highest BCUT2D eigenvalue weighted by Gasteiger charge is 2.60. The van der Waals surface area contributed by atoms with Crippen molar-refractivity contribution >= 4 is 7.82 Å². The van der Waals surface area contributed by atoms with Crippen molar-refractivity contribution in [3.63, 3.8) is 0 Å². The average Bonchev–Trinajstić information content (AvgIpc) is 2.92. The Bertz CT molecular complexity index is 564. The van der Waals surface area contributed by atoms with E-state index in [2.05, 4.69) is 0 Å². The first-order valence-corrected chi connectivity index (χ1v) is 9.34. The lowest BCUT2D eigenvalue weighted by molar-refractivity contribution is -0.308. The number of phosphoric ester groups is 1. The SMILES string of the molecule is N[C@H]1[C@@H](O[C@@H]2[C@@H](O)[C@H](O)[C@@H](O)[C@H]3OP(=O)(O)O[C@H]32)O[C@H](CO)[C@@H](O)[C@@H]1O. The third kappa shape index (κ3) is 3.44.